The zero-order chi connectivity index (χ0) is 28.0. The summed E-state index contributed by atoms with van der Waals surface area (Å²) in [4.78, 5) is 25.9. The Hall–Kier alpha value is -4.19. The molecule has 0 radical (unpaired) electrons. The number of hydrogen-bond acceptors (Lipinski definition) is 7. The fraction of sp³-hybridized carbons (Fsp3) is 0.185. The molecule has 0 heterocycles. The molecule has 0 unspecified atom stereocenters. The van der Waals surface area contributed by atoms with Crippen LogP contribution in [-0.2, 0) is 14.8 Å². The summed E-state index contributed by atoms with van der Waals surface area (Å²) in [7, 11) is -0.892. The number of sulfonamides is 1. The van der Waals surface area contributed by atoms with Gasteiger partial charge < -0.3 is 15.4 Å². The lowest BCUT2D eigenvalue weighted by molar-refractivity contribution is -0.114. The summed E-state index contributed by atoms with van der Waals surface area (Å²) in [5.41, 5.74) is 5.73. The molecule has 0 saturated heterocycles. The number of carbonyl (C=O) groups excluding carboxylic acids is 2. The van der Waals surface area contributed by atoms with E-state index in [2.05, 4.69) is 15.4 Å². The van der Waals surface area contributed by atoms with Crippen LogP contribution in [0.5, 0.6) is 5.75 Å². The third kappa shape index (κ3) is 6.20. The van der Waals surface area contributed by atoms with Gasteiger partial charge in [-0.25, -0.2) is 13.1 Å². The molecule has 0 atom stereocenters. The van der Waals surface area contributed by atoms with Crippen molar-refractivity contribution in [2.45, 2.75) is 25.7 Å². The quantitative estimate of drug-likeness (QED) is 0.207. The van der Waals surface area contributed by atoms with Crippen LogP contribution in [0.25, 0.3) is 11.1 Å². The minimum Gasteiger partial charge on any atom is -0.496 e. The number of nitrogens with one attached hydrogen (secondary N) is 4. The Morgan fingerprint density at radius 2 is 1.61 bits per heavy atom. The molecule has 38 heavy (non-hydrogen) atoms. The average molecular weight is 539 g/mol. The van der Waals surface area contributed by atoms with Gasteiger partial charge in [-0.1, -0.05) is 24.3 Å². The smallest absolute Gasteiger partial charge is 0.275 e. The van der Waals surface area contributed by atoms with Gasteiger partial charge in [-0.3, -0.25) is 20.3 Å². The lowest BCUT2D eigenvalue weighted by Crippen LogP contribution is -2.31. The van der Waals surface area contributed by atoms with E-state index in [4.69, 9.17) is 4.74 Å². The van der Waals surface area contributed by atoms with Crippen molar-refractivity contribution in [2.24, 2.45) is 0 Å². The van der Waals surface area contributed by atoms with Crippen LogP contribution in [0.1, 0.15) is 28.4 Å². The summed E-state index contributed by atoms with van der Waals surface area (Å²) < 4.78 is 31.8. The number of carbonyl (C=O) groups is 2. The Kier molecular flexibility index (Phi) is 8.89. The third-order valence-corrected chi connectivity index (χ3v) is 7.31. The van der Waals surface area contributed by atoms with E-state index in [-0.39, 0.29) is 22.0 Å². The Balaban J connectivity index is 1.88. The van der Waals surface area contributed by atoms with Gasteiger partial charge in [0.15, 0.2) is 0 Å². The van der Waals surface area contributed by atoms with E-state index in [1.54, 1.807) is 25.3 Å². The van der Waals surface area contributed by atoms with Crippen LogP contribution in [0.2, 0.25) is 0 Å². The Bertz CT molecular complexity index is 1500. The van der Waals surface area contributed by atoms with Crippen molar-refractivity contribution in [2.75, 3.05) is 19.5 Å². The molecule has 2 amide bonds. The zero-order valence-electron chi connectivity index (χ0n) is 21.7. The molecule has 200 valence electrons. The number of hydrogen-bond donors (Lipinski definition) is 5. The van der Waals surface area contributed by atoms with Gasteiger partial charge in [0.1, 0.15) is 11.4 Å². The molecule has 0 bridgehead atoms. The molecule has 0 aromatic heterocycles. The highest BCUT2D eigenvalue weighted by molar-refractivity contribution is 7.89. The summed E-state index contributed by atoms with van der Waals surface area (Å²) in [6.07, 6.45) is 0. The third-order valence-electron chi connectivity index (χ3n) is 5.90. The highest BCUT2D eigenvalue weighted by atomic mass is 32.2. The number of ether oxygens (including phenoxy) is 1. The van der Waals surface area contributed by atoms with Crippen molar-refractivity contribution in [3.05, 3.63) is 88.7 Å². The molecule has 10 nitrogen and oxygen atoms in total. The molecule has 0 fully saturated rings. The average Bonchev–Trinajstić information content (AvgIpc) is 2.89. The molecule has 5 N–H and O–H groups in total. The zero-order valence-corrected chi connectivity index (χ0v) is 22.5. The Labute approximate surface area is 221 Å². The van der Waals surface area contributed by atoms with E-state index < -0.39 is 21.8 Å². The van der Waals surface area contributed by atoms with E-state index in [1.165, 1.54) is 38.2 Å². The molecular formula is C27H30N4O6S. The predicted molar refractivity (Wildman–Crippen MR) is 144 cm³/mol. The van der Waals surface area contributed by atoms with E-state index in [1.807, 2.05) is 37.5 Å². The first-order chi connectivity index (χ1) is 18.0. The minimum atomic E-state index is -3.72. The number of amides is 2. The van der Waals surface area contributed by atoms with Gasteiger partial charge in [-0.05, 0) is 80.9 Å². The summed E-state index contributed by atoms with van der Waals surface area (Å²) in [6, 6.07) is 16.5. The number of rotatable bonds is 9. The lowest BCUT2D eigenvalue weighted by atomic mass is 9.93. The number of benzene rings is 3. The first kappa shape index (κ1) is 28.4. The van der Waals surface area contributed by atoms with Crippen LogP contribution in [0.15, 0.2) is 77.0 Å². The number of methoxy groups -OCH3 is 1. The summed E-state index contributed by atoms with van der Waals surface area (Å²) in [5, 5.41) is 14.7. The van der Waals surface area contributed by atoms with Crippen molar-refractivity contribution in [1.29, 1.82) is 0 Å². The summed E-state index contributed by atoms with van der Waals surface area (Å²) in [6.45, 7) is 5.39. The predicted octanol–water partition coefficient (Wildman–Crippen LogP) is 3.47. The van der Waals surface area contributed by atoms with Crippen LogP contribution in [-0.4, -0.2) is 39.6 Å². The second-order valence-corrected chi connectivity index (χ2v) is 10.3. The van der Waals surface area contributed by atoms with E-state index in [0.717, 1.165) is 22.3 Å². The van der Waals surface area contributed by atoms with Crippen molar-refractivity contribution in [3.8, 4) is 16.9 Å². The van der Waals surface area contributed by atoms with Crippen LogP contribution in [0.3, 0.4) is 0 Å². The molecule has 11 heteroatoms. The van der Waals surface area contributed by atoms with E-state index in [0.29, 0.717) is 11.3 Å². The Morgan fingerprint density at radius 3 is 2.21 bits per heavy atom. The molecule has 3 rings (SSSR count). The SMILES string of the molecule is CNS(=O)(=O)c1cccc(NC(=O)/C(NO)=C(\C)NC(=O)c2ccc(OC)c(-c3c(C)cccc3C)c2)c1. The number of allylic oxidation sites excluding steroid dienone is 1. The molecule has 0 aliphatic rings. The van der Waals surface area contributed by atoms with Crippen molar-refractivity contribution < 1.29 is 28.0 Å². The van der Waals surface area contributed by atoms with Gasteiger partial charge in [0, 0.05) is 22.5 Å². The maximum Gasteiger partial charge on any atom is 0.275 e. The standard InChI is InChI=1S/C27H30N4O6S/c1-16-8-6-9-17(2)24(16)22-14-19(12-13-23(22)37-5)26(32)29-18(3)25(31-34)27(33)30-20-10-7-11-21(15-20)38(35,36)28-4/h6-15,28,31,34H,1-5H3,(H,29,32)(H,30,33)/b25-18-. The molecular weight excluding hydrogens is 508 g/mol. The van der Waals surface area contributed by atoms with Crippen molar-refractivity contribution in [1.82, 2.24) is 15.5 Å². The maximum absolute atomic E-state index is 13.1. The molecule has 0 aliphatic carbocycles. The lowest BCUT2D eigenvalue weighted by Gasteiger charge is -2.16. The normalized spacial score (nSPS) is 11.8. The van der Waals surface area contributed by atoms with Gasteiger partial charge in [0.2, 0.25) is 10.0 Å². The minimum absolute atomic E-state index is 0.0402. The highest BCUT2D eigenvalue weighted by Gasteiger charge is 2.19. The second-order valence-electron chi connectivity index (χ2n) is 8.44. The van der Waals surface area contributed by atoms with Gasteiger partial charge in [0.05, 0.1) is 12.0 Å². The topological polar surface area (TPSA) is 146 Å². The molecule has 0 aliphatic heterocycles. The van der Waals surface area contributed by atoms with Crippen molar-refractivity contribution >= 4 is 27.5 Å². The van der Waals surface area contributed by atoms with Crippen LogP contribution in [0, 0.1) is 13.8 Å². The molecule has 0 saturated carbocycles. The molecule has 0 spiro atoms. The largest absolute Gasteiger partial charge is 0.496 e. The summed E-state index contributed by atoms with van der Waals surface area (Å²) >= 11 is 0. The first-order valence-corrected chi connectivity index (χ1v) is 13.0. The van der Waals surface area contributed by atoms with E-state index in [9.17, 15) is 23.2 Å². The summed E-state index contributed by atoms with van der Waals surface area (Å²) in [5.74, 6) is -0.707. The fourth-order valence-corrected chi connectivity index (χ4v) is 4.72. The van der Waals surface area contributed by atoms with Crippen LogP contribution in [0.4, 0.5) is 5.69 Å². The first-order valence-electron chi connectivity index (χ1n) is 11.5. The van der Waals surface area contributed by atoms with Crippen LogP contribution >= 0.6 is 0 Å². The Morgan fingerprint density at radius 1 is 0.947 bits per heavy atom. The fourth-order valence-electron chi connectivity index (χ4n) is 3.95. The van der Waals surface area contributed by atoms with E-state index >= 15 is 0 Å². The second kappa shape index (κ2) is 11.9. The van der Waals surface area contributed by atoms with Gasteiger partial charge in [0.25, 0.3) is 11.8 Å². The number of anilines is 1. The van der Waals surface area contributed by atoms with Crippen molar-refractivity contribution in [3.63, 3.8) is 0 Å². The maximum atomic E-state index is 13.1. The highest BCUT2D eigenvalue weighted by Crippen LogP contribution is 2.35. The monoisotopic (exact) mass is 538 g/mol. The van der Waals surface area contributed by atoms with Gasteiger partial charge in [-0.15, -0.1) is 0 Å². The molecule has 3 aromatic carbocycles. The van der Waals surface area contributed by atoms with Crippen LogP contribution < -0.4 is 25.6 Å². The number of aryl methyl sites for hydroxylation is 2. The van der Waals surface area contributed by atoms with Gasteiger partial charge >= 0.3 is 0 Å². The van der Waals surface area contributed by atoms with Gasteiger partial charge in [-0.2, -0.15) is 0 Å². The molecule has 3 aromatic rings. The number of hydroxylamine groups is 1.